The number of nitrogens with zero attached hydrogens (tertiary/aromatic N) is 2. The Labute approximate surface area is 98.0 Å². The average Bonchev–Trinajstić information content (AvgIpc) is 2.63. The zero-order valence-electron chi connectivity index (χ0n) is 8.07. The molecule has 0 aliphatic rings. The van der Waals surface area contributed by atoms with Crippen molar-refractivity contribution in [3.8, 4) is 0 Å². The maximum absolute atomic E-state index is 11.6. The van der Waals surface area contributed by atoms with Gasteiger partial charge in [-0.15, -0.1) is 0 Å². The van der Waals surface area contributed by atoms with E-state index in [0.717, 1.165) is 15.4 Å². The zero-order chi connectivity index (χ0) is 11.3. The number of pyridine rings is 1. The number of hydrogen-bond acceptors (Lipinski definition) is 3. The van der Waals surface area contributed by atoms with Crippen LogP contribution >= 0.6 is 15.9 Å². The van der Waals surface area contributed by atoms with Gasteiger partial charge in [0.25, 0.3) is 0 Å². The molecule has 2 aromatic heterocycles. The molecule has 6 heteroatoms. The van der Waals surface area contributed by atoms with E-state index in [0.29, 0.717) is 11.3 Å². The lowest BCUT2D eigenvalue weighted by Gasteiger charge is -2.03. The molecule has 1 aromatic carbocycles. The molecule has 0 spiro atoms. The molecular weight excluding hydrogens is 272 g/mol. The van der Waals surface area contributed by atoms with Crippen LogP contribution in [0.1, 0.15) is 0 Å². The number of anilines is 1. The monoisotopic (exact) mass is 278 g/mol. The minimum atomic E-state index is -0.287. The molecule has 0 atom stereocenters. The number of nitrogen functional groups attached to an aromatic ring is 1. The Morgan fingerprint density at radius 2 is 2.19 bits per heavy atom. The van der Waals surface area contributed by atoms with Gasteiger partial charge in [0.05, 0.1) is 11.2 Å². The largest absolute Gasteiger partial charge is 0.396 e. The van der Waals surface area contributed by atoms with Crippen molar-refractivity contribution in [3.05, 3.63) is 39.2 Å². The average molecular weight is 279 g/mol. The van der Waals surface area contributed by atoms with Crippen LogP contribution in [0.3, 0.4) is 0 Å². The number of benzene rings is 1. The first-order valence-corrected chi connectivity index (χ1v) is 5.41. The predicted octanol–water partition coefficient (Wildman–Crippen LogP) is 1.52. The second-order valence-electron chi connectivity index (χ2n) is 3.49. The molecule has 3 N–H and O–H groups in total. The molecule has 2 heterocycles. The number of nitrogens with two attached hydrogens (primary N) is 1. The van der Waals surface area contributed by atoms with Crippen LogP contribution in [0.5, 0.6) is 0 Å². The van der Waals surface area contributed by atoms with E-state index in [4.69, 9.17) is 5.73 Å². The highest BCUT2D eigenvalue weighted by Crippen LogP contribution is 2.23. The molecule has 0 saturated carbocycles. The number of aromatic nitrogens is 3. The van der Waals surface area contributed by atoms with Crippen LogP contribution in [0.4, 0.5) is 5.69 Å². The molecule has 0 fully saturated rings. The lowest BCUT2D eigenvalue weighted by molar-refractivity contribution is 1.04. The van der Waals surface area contributed by atoms with Gasteiger partial charge < -0.3 is 5.73 Å². The number of hydrogen-bond donors (Lipinski definition) is 2. The highest BCUT2D eigenvalue weighted by atomic mass is 79.9. The fourth-order valence-corrected chi connectivity index (χ4v) is 2.13. The summed E-state index contributed by atoms with van der Waals surface area (Å²) in [6.07, 6.45) is 0. The molecule has 3 rings (SSSR count). The molecule has 16 heavy (non-hydrogen) atoms. The zero-order valence-corrected chi connectivity index (χ0v) is 9.65. The Hall–Kier alpha value is -1.82. The van der Waals surface area contributed by atoms with E-state index in [1.807, 2.05) is 18.2 Å². The first-order valence-electron chi connectivity index (χ1n) is 4.62. The third-order valence-electron chi connectivity index (χ3n) is 2.47. The number of rotatable bonds is 0. The van der Waals surface area contributed by atoms with E-state index in [2.05, 4.69) is 26.1 Å². The van der Waals surface area contributed by atoms with Gasteiger partial charge in [-0.3, -0.25) is 0 Å². The number of H-pyrrole nitrogens is 1. The number of fused-ring (bicyclic) bond motifs is 3. The van der Waals surface area contributed by atoms with E-state index in [9.17, 15) is 4.79 Å². The van der Waals surface area contributed by atoms with Gasteiger partial charge in [-0.05, 0) is 18.2 Å². The minimum Gasteiger partial charge on any atom is -0.396 e. The maximum Gasteiger partial charge on any atom is 0.348 e. The quantitative estimate of drug-likeness (QED) is 0.655. The summed E-state index contributed by atoms with van der Waals surface area (Å²) in [7, 11) is 0. The second-order valence-corrected chi connectivity index (χ2v) is 4.41. The molecule has 80 valence electrons. The molecule has 0 saturated heterocycles. The van der Waals surface area contributed by atoms with Gasteiger partial charge in [0.1, 0.15) is 0 Å². The van der Waals surface area contributed by atoms with E-state index in [1.54, 1.807) is 6.07 Å². The molecule has 5 nitrogen and oxygen atoms in total. The van der Waals surface area contributed by atoms with E-state index in [1.165, 1.54) is 4.40 Å². The normalized spacial score (nSPS) is 11.3. The predicted molar refractivity (Wildman–Crippen MR) is 65.4 cm³/mol. The third kappa shape index (κ3) is 1.16. The van der Waals surface area contributed by atoms with Crippen LogP contribution in [0.15, 0.2) is 33.5 Å². The molecular formula is C10H7BrN4O. The molecule has 0 unspecified atom stereocenters. The van der Waals surface area contributed by atoms with Crippen molar-refractivity contribution in [3.63, 3.8) is 0 Å². The van der Waals surface area contributed by atoms with Gasteiger partial charge in [0.2, 0.25) is 0 Å². The minimum absolute atomic E-state index is 0.287. The molecule has 0 radical (unpaired) electrons. The van der Waals surface area contributed by atoms with Crippen LogP contribution in [0.25, 0.3) is 16.6 Å². The van der Waals surface area contributed by atoms with E-state index < -0.39 is 0 Å². The van der Waals surface area contributed by atoms with Crippen molar-refractivity contribution in [1.29, 1.82) is 0 Å². The van der Waals surface area contributed by atoms with Gasteiger partial charge in [0, 0.05) is 9.86 Å². The van der Waals surface area contributed by atoms with Crippen LogP contribution < -0.4 is 11.4 Å². The fraction of sp³-hybridized carbons (Fsp3) is 0. The van der Waals surface area contributed by atoms with Crippen molar-refractivity contribution in [2.75, 3.05) is 5.73 Å². The second kappa shape index (κ2) is 3.08. The highest BCUT2D eigenvalue weighted by Gasteiger charge is 2.08. The van der Waals surface area contributed by atoms with Gasteiger partial charge in [-0.2, -0.15) is 5.10 Å². The smallest absolute Gasteiger partial charge is 0.348 e. The maximum atomic E-state index is 11.6. The van der Waals surface area contributed by atoms with Crippen molar-refractivity contribution >= 4 is 38.2 Å². The van der Waals surface area contributed by atoms with Crippen molar-refractivity contribution < 1.29 is 0 Å². The van der Waals surface area contributed by atoms with E-state index in [-0.39, 0.29) is 5.69 Å². The summed E-state index contributed by atoms with van der Waals surface area (Å²) in [6.45, 7) is 0. The topological polar surface area (TPSA) is 76.2 Å². The Morgan fingerprint density at radius 1 is 1.38 bits per heavy atom. The van der Waals surface area contributed by atoms with Gasteiger partial charge >= 0.3 is 5.69 Å². The number of halogens is 1. The standard InChI is InChI=1S/C10H7BrN4O/c11-6-2-1-5-3-7(12)9-13-14-10(16)15(9)8(5)4-6/h1-4H,12H2,(H,14,16). The van der Waals surface area contributed by atoms with E-state index >= 15 is 0 Å². The Morgan fingerprint density at radius 3 is 3.00 bits per heavy atom. The molecule has 0 bridgehead atoms. The molecule has 0 amide bonds. The summed E-state index contributed by atoms with van der Waals surface area (Å²) in [5, 5.41) is 7.17. The Bertz CT molecular complexity index is 758. The van der Waals surface area contributed by atoms with Gasteiger partial charge in [-0.1, -0.05) is 22.0 Å². The SMILES string of the molecule is Nc1cc2ccc(Br)cc2n2c(=O)[nH]nc12. The number of aromatic amines is 1. The molecule has 0 aliphatic carbocycles. The highest BCUT2D eigenvalue weighted by molar-refractivity contribution is 9.10. The lowest BCUT2D eigenvalue weighted by atomic mass is 10.2. The first-order chi connectivity index (χ1) is 7.66. The molecule has 0 aliphatic heterocycles. The van der Waals surface area contributed by atoms with Crippen molar-refractivity contribution in [1.82, 2.24) is 14.6 Å². The number of nitrogens with one attached hydrogen (secondary N) is 1. The lowest BCUT2D eigenvalue weighted by Crippen LogP contribution is -2.10. The summed E-state index contributed by atoms with van der Waals surface area (Å²) in [5.41, 5.74) is 7.24. The summed E-state index contributed by atoms with van der Waals surface area (Å²) >= 11 is 3.37. The van der Waals surface area contributed by atoms with Crippen molar-refractivity contribution in [2.24, 2.45) is 0 Å². The van der Waals surface area contributed by atoms with Crippen LogP contribution in [-0.4, -0.2) is 14.6 Å². The summed E-state index contributed by atoms with van der Waals surface area (Å²) in [4.78, 5) is 11.6. The van der Waals surface area contributed by atoms with Gasteiger partial charge in [0.15, 0.2) is 5.65 Å². The summed E-state index contributed by atoms with van der Waals surface area (Å²) in [6, 6.07) is 7.46. The molecule has 3 aromatic rings. The van der Waals surface area contributed by atoms with Gasteiger partial charge in [-0.25, -0.2) is 14.3 Å². The summed E-state index contributed by atoms with van der Waals surface area (Å²) in [5.74, 6) is 0. The summed E-state index contributed by atoms with van der Waals surface area (Å²) < 4.78 is 2.37. The Kier molecular flexibility index (Phi) is 1.81. The van der Waals surface area contributed by atoms with Crippen LogP contribution in [0, 0.1) is 0 Å². The van der Waals surface area contributed by atoms with Crippen LogP contribution in [0.2, 0.25) is 0 Å². The van der Waals surface area contributed by atoms with Crippen molar-refractivity contribution in [2.45, 2.75) is 0 Å². The fourth-order valence-electron chi connectivity index (χ4n) is 1.78. The first kappa shape index (κ1) is 9.41. The Balaban J connectivity index is 2.69. The third-order valence-corrected chi connectivity index (χ3v) is 2.97. The van der Waals surface area contributed by atoms with Crippen LogP contribution in [-0.2, 0) is 0 Å².